The Kier molecular flexibility index (Phi) is 3.63. The van der Waals surface area contributed by atoms with Gasteiger partial charge in [-0.05, 0) is 37.1 Å². The minimum Gasteiger partial charge on any atom is -0.468 e. The van der Waals surface area contributed by atoms with Crippen LogP contribution in [0.2, 0.25) is 0 Å². The summed E-state index contributed by atoms with van der Waals surface area (Å²) < 4.78 is 15.6. The van der Waals surface area contributed by atoms with Crippen LogP contribution in [0.15, 0.2) is 24.3 Å². The maximum atomic E-state index is 12.3. The molecule has 3 rings (SSSR count). The summed E-state index contributed by atoms with van der Waals surface area (Å²) >= 11 is 0. The third kappa shape index (κ3) is 2.27. The number of nitrogens with zero attached hydrogens (tertiary/aromatic N) is 1. The summed E-state index contributed by atoms with van der Waals surface area (Å²) in [6.45, 7) is 1.50. The molecule has 0 unspecified atom stereocenters. The zero-order valence-electron chi connectivity index (χ0n) is 11.6. The molecule has 2 fully saturated rings. The van der Waals surface area contributed by atoms with E-state index in [-0.39, 0.29) is 18.2 Å². The van der Waals surface area contributed by atoms with Crippen molar-refractivity contribution in [3.63, 3.8) is 0 Å². The Bertz CT molecular complexity index is 481. The topological polar surface area (TPSA) is 48.0 Å². The maximum absolute atomic E-state index is 12.3. The van der Waals surface area contributed by atoms with Gasteiger partial charge in [0, 0.05) is 19.2 Å². The molecule has 1 aromatic carbocycles. The second kappa shape index (κ2) is 5.42. The number of anilines is 1. The minimum absolute atomic E-state index is 0.121. The highest BCUT2D eigenvalue weighted by Gasteiger charge is 2.48. The summed E-state index contributed by atoms with van der Waals surface area (Å²) in [5.74, 6) is 0.920. The van der Waals surface area contributed by atoms with E-state index in [4.69, 9.17) is 14.2 Å². The first-order valence-corrected chi connectivity index (χ1v) is 6.88. The highest BCUT2D eigenvalue weighted by Crippen LogP contribution is 2.39. The van der Waals surface area contributed by atoms with Gasteiger partial charge in [-0.15, -0.1) is 0 Å². The van der Waals surface area contributed by atoms with Crippen LogP contribution in [-0.4, -0.2) is 38.6 Å². The number of amides is 1. The highest BCUT2D eigenvalue weighted by molar-refractivity contribution is 5.96. The van der Waals surface area contributed by atoms with Crippen LogP contribution in [0.4, 0.5) is 5.69 Å². The fourth-order valence-electron chi connectivity index (χ4n) is 2.90. The average Bonchev–Trinajstić information content (AvgIpc) is 2.44. The predicted molar refractivity (Wildman–Crippen MR) is 73.8 cm³/mol. The van der Waals surface area contributed by atoms with E-state index >= 15 is 0 Å². The van der Waals surface area contributed by atoms with Gasteiger partial charge >= 0.3 is 0 Å². The fraction of sp³-hybridized carbons (Fsp3) is 0.533. The number of carbonyl (C=O) groups excluding carboxylic acids is 1. The lowest BCUT2D eigenvalue weighted by molar-refractivity contribution is -0.130. The van der Waals surface area contributed by atoms with E-state index in [0.29, 0.717) is 19.6 Å². The zero-order valence-corrected chi connectivity index (χ0v) is 11.6. The highest BCUT2D eigenvalue weighted by atomic mass is 16.7. The molecular formula is C15H19NO4. The van der Waals surface area contributed by atoms with Gasteiger partial charge in [-0.25, -0.2) is 0 Å². The van der Waals surface area contributed by atoms with E-state index in [9.17, 15) is 4.79 Å². The fourth-order valence-corrected chi connectivity index (χ4v) is 2.90. The number of hydrogen-bond acceptors (Lipinski definition) is 4. The van der Waals surface area contributed by atoms with Crippen molar-refractivity contribution in [3.05, 3.63) is 24.3 Å². The lowest BCUT2D eigenvalue weighted by Crippen LogP contribution is -2.66. The molecule has 0 saturated carbocycles. The summed E-state index contributed by atoms with van der Waals surface area (Å²) in [5, 5.41) is 0. The molecule has 2 saturated heterocycles. The van der Waals surface area contributed by atoms with Gasteiger partial charge < -0.3 is 19.1 Å². The van der Waals surface area contributed by atoms with Gasteiger partial charge in [0.2, 0.25) is 5.91 Å². The third-order valence-electron chi connectivity index (χ3n) is 3.94. The molecule has 0 N–H and O–H groups in total. The molecule has 0 aromatic heterocycles. The summed E-state index contributed by atoms with van der Waals surface area (Å²) in [5.41, 5.74) is 0.798. The number of piperidine rings is 1. The quantitative estimate of drug-likeness (QED) is 0.789. The zero-order chi connectivity index (χ0) is 14.0. The molecule has 0 atom stereocenters. The van der Waals surface area contributed by atoms with Crippen molar-refractivity contribution in [2.24, 2.45) is 0 Å². The molecule has 2 aliphatic rings. The minimum atomic E-state index is -0.121. The van der Waals surface area contributed by atoms with Gasteiger partial charge in [0.1, 0.15) is 5.75 Å². The van der Waals surface area contributed by atoms with Gasteiger partial charge in [0.25, 0.3) is 0 Å². The number of carbonyl (C=O) groups is 1. The SMILES string of the molecule is COCOc1ccc(N2C(=O)CCCC23COC3)cc1. The van der Waals surface area contributed by atoms with E-state index in [0.717, 1.165) is 24.3 Å². The van der Waals surface area contributed by atoms with Crippen LogP contribution in [0.5, 0.6) is 5.75 Å². The van der Waals surface area contributed by atoms with Crippen molar-refractivity contribution in [1.82, 2.24) is 0 Å². The van der Waals surface area contributed by atoms with Gasteiger partial charge in [0.05, 0.1) is 18.8 Å². The summed E-state index contributed by atoms with van der Waals surface area (Å²) in [4.78, 5) is 14.2. The van der Waals surface area contributed by atoms with Gasteiger partial charge in [-0.1, -0.05) is 0 Å². The van der Waals surface area contributed by atoms with E-state index in [2.05, 4.69) is 0 Å². The van der Waals surface area contributed by atoms with Crippen LogP contribution in [0, 0.1) is 0 Å². The molecule has 108 valence electrons. The number of ether oxygens (including phenoxy) is 3. The monoisotopic (exact) mass is 277 g/mol. The normalized spacial score (nSPS) is 20.9. The molecule has 2 aliphatic heterocycles. The van der Waals surface area contributed by atoms with Crippen molar-refractivity contribution < 1.29 is 19.0 Å². The van der Waals surface area contributed by atoms with E-state index in [1.54, 1.807) is 7.11 Å². The summed E-state index contributed by atoms with van der Waals surface area (Å²) in [7, 11) is 1.58. The lowest BCUT2D eigenvalue weighted by Gasteiger charge is -2.52. The Hall–Kier alpha value is -1.59. The molecule has 20 heavy (non-hydrogen) atoms. The standard InChI is InChI=1S/C15H19NO4/c1-18-11-20-13-6-4-12(5-7-13)16-14(17)3-2-8-15(16)9-19-10-15/h4-7H,2-3,8-11H2,1H3. The predicted octanol–water partition coefficient (Wildman–Crippen LogP) is 1.96. The Balaban J connectivity index is 1.81. The summed E-state index contributed by atoms with van der Waals surface area (Å²) in [6, 6.07) is 7.58. The van der Waals surface area contributed by atoms with Crippen molar-refractivity contribution in [1.29, 1.82) is 0 Å². The van der Waals surface area contributed by atoms with Crippen LogP contribution in [-0.2, 0) is 14.3 Å². The van der Waals surface area contributed by atoms with Crippen LogP contribution >= 0.6 is 0 Å². The number of rotatable bonds is 4. The molecular weight excluding hydrogens is 258 g/mol. The van der Waals surface area contributed by atoms with Crippen LogP contribution in [0.3, 0.4) is 0 Å². The van der Waals surface area contributed by atoms with E-state index in [1.807, 2.05) is 29.2 Å². The lowest BCUT2D eigenvalue weighted by atomic mass is 9.84. The van der Waals surface area contributed by atoms with Crippen molar-refractivity contribution in [3.8, 4) is 5.75 Å². The number of methoxy groups -OCH3 is 1. The Morgan fingerprint density at radius 3 is 2.65 bits per heavy atom. The van der Waals surface area contributed by atoms with Crippen LogP contribution in [0.1, 0.15) is 19.3 Å². The van der Waals surface area contributed by atoms with Crippen molar-refractivity contribution >= 4 is 11.6 Å². The molecule has 0 aliphatic carbocycles. The molecule has 0 radical (unpaired) electrons. The molecule has 1 amide bonds. The largest absolute Gasteiger partial charge is 0.468 e. The van der Waals surface area contributed by atoms with Crippen LogP contribution < -0.4 is 9.64 Å². The number of hydrogen-bond donors (Lipinski definition) is 0. The van der Waals surface area contributed by atoms with E-state index < -0.39 is 0 Å². The average molecular weight is 277 g/mol. The Labute approximate surface area is 118 Å². The van der Waals surface area contributed by atoms with Gasteiger partial charge in [0.15, 0.2) is 6.79 Å². The molecule has 5 heteroatoms. The first-order chi connectivity index (χ1) is 9.75. The number of benzene rings is 1. The van der Waals surface area contributed by atoms with Gasteiger partial charge in [-0.2, -0.15) is 0 Å². The molecule has 0 bridgehead atoms. The first kappa shape index (κ1) is 13.4. The molecule has 2 heterocycles. The van der Waals surface area contributed by atoms with Crippen molar-refractivity contribution in [2.75, 3.05) is 32.0 Å². The molecule has 1 spiro atoms. The Morgan fingerprint density at radius 2 is 2.05 bits per heavy atom. The Morgan fingerprint density at radius 1 is 1.30 bits per heavy atom. The maximum Gasteiger partial charge on any atom is 0.227 e. The summed E-state index contributed by atoms with van der Waals surface area (Å²) in [6.07, 6.45) is 2.58. The molecule has 1 aromatic rings. The molecule has 5 nitrogen and oxygen atoms in total. The first-order valence-electron chi connectivity index (χ1n) is 6.88. The third-order valence-corrected chi connectivity index (χ3v) is 3.94. The second-order valence-electron chi connectivity index (χ2n) is 5.34. The van der Waals surface area contributed by atoms with Crippen LogP contribution in [0.25, 0.3) is 0 Å². The van der Waals surface area contributed by atoms with E-state index in [1.165, 1.54) is 0 Å². The smallest absolute Gasteiger partial charge is 0.227 e. The van der Waals surface area contributed by atoms with Crippen molar-refractivity contribution in [2.45, 2.75) is 24.8 Å². The van der Waals surface area contributed by atoms with Gasteiger partial charge in [-0.3, -0.25) is 4.79 Å². The second-order valence-corrected chi connectivity index (χ2v) is 5.34.